The van der Waals surface area contributed by atoms with Crippen LogP contribution in [-0.4, -0.2) is 5.11 Å². The fourth-order valence-electron chi connectivity index (χ4n) is 1.60. The van der Waals surface area contributed by atoms with Crippen molar-refractivity contribution in [1.82, 2.24) is 0 Å². The van der Waals surface area contributed by atoms with Gasteiger partial charge in [-0.25, -0.2) is 0 Å². The third kappa shape index (κ3) is 1.56. The molecule has 0 radical (unpaired) electrons. The zero-order valence-corrected chi connectivity index (χ0v) is 7.40. The zero-order valence-electron chi connectivity index (χ0n) is 7.40. The number of allylic oxidation sites excluding steroid dienone is 4. The lowest BCUT2D eigenvalue weighted by molar-refractivity contribution is 0.281. The van der Waals surface area contributed by atoms with Crippen LogP contribution >= 0.6 is 0 Å². The van der Waals surface area contributed by atoms with Gasteiger partial charge in [-0.1, -0.05) is 42.5 Å². The first-order chi connectivity index (χ1) is 6.42. The highest BCUT2D eigenvalue weighted by Crippen LogP contribution is 2.24. The Morgan fingerprint density at radius 1 is 1.23 bits per heavy atom. The highest BCUT2D eigenvalue weighted by atomic mass is 16.3. The third-order valence-corrected chi connectivity index (χ3v) is 2.27. The molecule has 0 aromatic heterocycles. The van der Waals surface area contributed by atoms with E-state index in [0.29, 0.717) is 0 Å². The highest BCUT2D eigenvalue weighted by molar-refractivity contribution is 5.77. The Kier molecular flexibility index (Phi) is 2.28. The van der Waals surface area contributed by atoms with Crippen LogP contribution in [0.4, 0.5) is 0 Å². The molecule has 1 aliphatic carbocycles. The lowest BCUT2D eigenvalue weighted by atomic mass is 10.0. The van der Waals surface area contributed by atoms with Gasteiger partial charge in [-0.3, -0.25) is 0 Å². The first-order valence-corrected chi connectivity index (χ1v) is 4.47. The van der Waals surface area contributed by atoms with Crippen molar-refractivity contribution in [3.05, 3.63) is 53.6 Å². The quantitative estimate of drug-likeness (QED) is 0.726. The van der Waals surface area contributed by atoms with Crippen LogP contribution in [0, 0.1) is 0 Å². The van der Waals surface area contributed by atoms with Gasteiger partial charge in [0.2, 0.25) is 0 Å². The number of hydrogen-bond acceptors (Lipinski definition) is 1. The number of hydrogen-bond donors (Lipinski definition) is 1. The molecule has 2 rings (SSSR count). The smallest absolute Gasteiger partial charge is 0.0687 e. The van der Waals surface area contributed by atoms with Crippen molar-refractivity contribution >= 4 is 5.57 Å². The maximum absolute atomic E-state index is 9.13. The average Bonchev–Trinajstić information content (AvgIpc) is 2.70. The van der Waals surface area contributed by atoms with Crippen LogP contribution < -0.4 is 0 Å². The average molecular weight is 172 g/mol. The topological polar surface area (TPSA) is 20.2 Å². The Morgan fingerprint density at radius 2 is 2.08 bits per heavy atom. The second-order valence-electron chi connectivity index (χ2n) is 3.11. The van der Waals surface area contributed by atoms with Crippen molar-refractivity contribution < 1.29 is 5.11 Å². The Balaban J connectivity index is 2.44. The first-order valence-electron chi connectivity index (χ1n) is 4.47. The van der Waals surface area contributed by atoms with E-state index in [1.807, 2.05) is 24.3 Å². The first kappa shape index (κ1) is 8.27. The van der Waals surface area contributed by atoms with Gasteiger partial charge in [-0.05, 0) is 23.1 Å². The molecule has 13 heavy (non-hydrogen) atoms. The van der Waals surface area contributed by atoms with Crippen molar-refractivity contribution in [1.29, 1.82) is 0 Å². The molecule has 0 heterocycles. The minimum absolute atomic E-state index is 0.112. The molecule has 0 unspecified atom stereocenters. The highest BCUT2D eigenvalue weighted by Gasteiger charge is 2.05. The fourth-order valence-corrected chi connectivity index (χ4v) is 1.60. The summed E-state index contributed by atoms with van der Waals surface area (Å²) < 4.78 is 0. The van der Waals surface area contributed by atoms with E-state index in [0.717, 1.165) is 17.5 Å². The number of aliphatic hydroxyl groups excluding tert-OH is 1. The van der Waals surface area contributed by atoms with Gasteiger partial charge in [0.1, 0.15) is 0 Å². The lowest BCUT2D eigenvalue weighted by Crippen LogP contribution is -1.90. The van der Waals surface area contributed by atoms with Gasteiger partial charge in [0, 0.05) is 0 Å². The van der Waals surface area contributed by atoms with E-state index in [2.05, 4.69) is 18.2 Å². The lowest BCUT2D eigenvalue weighted by Gasteiger charge is -2.05. The summed E-state index contributed by atoms with van der Waals surface area (Å²) in [5, 5.41) is 9.13. The van der Waals surface area contributed by atoms with Gasteiger partial charge in [0.15, 0.2) is 0 Å². The molecule has 0 saturated heterocycles. The molecule has 0 bridgehead atoms. The molecule has 0 aliphatic heterocycles. The molecule has 0 amide bonds. The van der Waals surface area contributed by atoms with E-state index in [4.69, 9.17) is 5.11 Å². The van der Waals surface area contributed by atoms with Crippen molar-refractivity contribution in [3.63, 3.8) is 0 Å². The predicted octanol–water partition coefficient (Wildman–Crippen LogP) is 2.52. The number of benzene rings is 1. The van der Waals surface area contributed by atoms with Crippen molar-refractivity contribution in [2.24, 2.45) is 0 Å². The van der Waals surface area contributed by atoms with Crippen molar-refractivity contribution in [3.8, 4) is 0 Å². The molecule has 0 atom stereocenters. The number of rotatable bonds is 2. The van der Waals surface area contributed by atoms with Crippen LogP contribution in [0.25, 0.3) is 5.57 Å². The summed E-state index contributed by atoms with van der Waals surface area (Å²) in [6.07, 6.45) is 7.42. The van der Waals surface area contributed by atoms with E-state index in [1.165, 1.54) is 5.57 Å². The van der Waals surface area contributed by atoms with Gasteiger partial charge in [0.25, 0.3) is 0 Å². The minimum atomic E-state index is 0.112. The van der Waals surface area contributed by atoms with Crippen LogP contribution in [0.3, 0.4) is 0 Å². The maximum Gasteiger partial charge on any atom is 0.0687 e. The largest absolute Gasteiger partial charge is 0.392 e. The molecule has 1 aromatic rings. The summed E-state index contributed by atoms with van der Waals surface area (Å²) in [7, 11) is 0. The van der Waals surface area contributed by atoms with E-state index in [-0.39, 0.29) is 6.61 Å². The summed E-state index contributed by atoms with van der Waals surface area (Å²) in [4.78, 5) is 0. The molecular weight excluding hydrogens is 160 g/mol. The van der Waals surface area contributed by atoms with E-state index in [1.54, 1.807) is 0 Å². The Labute approximate surface area is 78.0 Å². The zero-order chi connectivity index (χ0) is 9.10. The van der Waals surface area contributed by atoms with Gasteiger partial charge < -0.3 is 5.11 Å². The van der Waals surface area contributed by atoms with Crippen molar-refractivity contribution in [2.75, 3.05) is 0 Å². The normalized spacial score (nSPS) is 14.7. The summed E-state index contributed by atoms with van der Waals surface area (Å²) in [6, 6.07) is 7.96. The fraction of sp³-hybridized carbons (Fsp3) is 0.167. The number of aliphatic hydroxyl groups is 1. The predicted molar refractivity (Wildman–Crippen MR) is 54.1 cm³/mol. The van der Waals surface area contributed by atoms with E-state index >= 15 is 0 Å². The summed E-state index contributed by atoms with van der Waals surface area (Å²) >= 11 is 0. The summed E-state index contributed by atoms with van der Waals surface area (Å²) in [5.74, 6) is 0. The maximum atomic E-state index is 9.13. The molecule has 1 aliphatic rings. The van der Waals surface area contributed by atoms with Crippen LogP contribution in [0.5, 0.6) is 0 Å². The molecular formula is C12H12O. The van der Waals surface area contributed by atoms with Gasteiger partial charge in [-0.2, -0.15) is 0 Å². The van der Waals surface area contributed by atoms with Crippen molar-refractivity contribution in [2.45, 2.75) is 13.0 Å². The third-order valence-electron chi connectivity index (χ3n) is 2.27. The second kappa shape index (κ2) is 3.58. The van der Waals surface area contributed by atoms with Gasteiger partial charge in [0.05, 0.1) is 6.61 Å². The summed E-state index contributed by atoms with van der Waals surface area (Å²) in [5.41, 5.74) is 3.38. The Bertz CT molecular complexity index is 361. The molecule has 1 aromatic carbocycles. The van der Waals surface area contributed by atoms with Crippen LogP contribution in [-0.2, 0) is 6.61 Å². The van der Waals surface area contributed by atoms with E-state index in [9.17, 15) is 0 Å². The van der Waals surface area contributed by atoms with Crippen LogP contribution in [0.1, 0.15) is 17.5 Å². The van der Waals surface area contributed by atoms with E-state index < -0.39 is 0 Å². The Morgan fingerprint density at radius 3 is 2.77 bits per heavy atom. The molecule has 1 heteroatoms. The standard InChI is InChI=1S/C12H12O/c13-9-11-7-3-4-8-12(11)10-5-1-2-6-10/h1,3-8,13H,2,9H2. The molecule has 0 saturated carbocycles. The van der Waals surface area contributed by atoms with Gasteiger partial charge >= 0.3 is 0 Å². The molecule has 1 nitrogen and oxygen atoms in total. The second-order valence-corrected chi connectivity index (χ2v) is 3.11. The van der Waals surface area contributed by atoms with Crippen LogP contribution in [0.15, 0.2) is 42.5 Å². The molecule has 66 valence electrons. The van der Waals surface area contributed by atoms with Crippen LogP contribution in [0.2, 0.25) is 0 Å². The SMILES string of the molecule is OCc1ccccc1C1=CCC=C1. The molecule has 0 spiro atoms. The Hall–Kier alpha value is -1.34. The minimum Gasteiger partial charge on any atom is -0.392 e. The monoisotopic (exact) mass is 172 g/mol. The summed E-state index contributed by atoms with van der Waals surface area (Å²) in [6.45, 7) is 0.112. The molecule has 1 N–H and O–H groups in total. The van der Waals surface area contributed by atoms with Gasteiger partial charge in [-0.15, -0.1) is 0 Å². The molecule has 0 fully saturated rings.